The molecule has 4 aromatic rings. The van der Waals surface area contributed by atoms with Crippen molar-refractivity contribution in [3.05, 3.63) is 82.8 Å². The van der Waals surface area contributed by atoms with Crippen LogP contribution in [0.2, 0.25) is 0 Å². The lowest BCUT2D eigenvalue weighted by Gasteiger charge is -2.15. The Balaban J connectivity index is 1.80. The number of benzene rings is 2. The lowest BCUT2D eigenvalue weighted by Crippen LogP contribution is -2.15. The molecule has 0 aliphatic heterocycles. The number of hydrogen-bond acceptors (Lipinski definition) is 8. The number of anilines is 1. The van der Waals surface area contributed by atoms with Crippen LogP contribution in [0.1, 0.15) is 17.3 Å². The van der Waals surface area contributed by atoms with Gasteiger partial charge >= 0.3 is 12.1 Å². The van der Waals surface area contributed by atoms with Crippen molar-refractivity contribution in [1.82, 2.24) is 4.98 Å². The number of fused-ring (bicyclic) bond motifs is 1. The lowest BCUT2D eigenvalue weighted by atomic mass is 10.1. The maximum absolute atomic E-state index is 12.6. The van der Waals surface area contributed by atoms with Gasteiger partial charge in [-0.25, -0.2) is 9.59 Å². The van der Waals surface area contributed by atoms with Crippen molar-refractivity contribution in [3.8, 4) is 22.8 Å². The van der Waals surface area contributed by atoms with E-state index in [9.17, 15) is 19.5 Å². The average Bonchev–Trinajstić information content (AvgIpc) is 2.79. The summed E-state index contributed by atoms with van der Waals surface area (Å²) in [6, 6.07) is 13.4. The predicted molar refractivity (Wildman–Crippen MR) is 119 cm³/mol. The highest BCUT2D eigenvalue weighted by atomic mass is 16.5. The van der Waals surface area contributed by atoms with Gasteiger partial charge in [0.1, 0.15) is 22.8 Å². The average molecular weight is 446 g/mol. The molecule has 9 nitrogen and oxygen atoms in total. The number of phenols is 1. The fourth-order valence-electron chi connectivity index (χ4n) is 3.17. The second-order valence-corrected chi connectivity index (χ2v) is 6.81. The van der Waals surface area contributed by atoms with Crippen LogP contribution in [0.5, 0.6) is 11.5 Å². The van der Waals surface area contributed by atoms with Crippen LogP contribution in [0, 0.1) is 0 Å². The minimum absolute atomic E-state index is 0.00753. The number of ether oxygens (including phenoxy) is 2. The summed E-state index contributed by atoms with van der Waals surface area (Å²) in [6.45, 7) is 1.74. The molecule has 0 bridgehead atoms. The Labute approximate surface area is 187 Å². The Kier molecular flexibility index (Phi) is 6.03. The second-order valence-electron chi connectivity index (χ2n) is 6.81. The second kappa shape index (κ2) is 9.23. The molecule has 166 valence electrons. The van der Waals surface area contributed by atoms with Gasteiger partial charge in [0.2, 0.25) is 0 Å². The van der Waals surface area contributed by atoms with E-state index >= 15 is 0 Å². The van der Waals surface area contributed by atoms with Crippen molar-refractivity contribution >= 4 is 28.7 Å². The third kappa shape index (κ3) is 4.67. The van der Waals surface area contributed by atoms with E-state index in [0.717, 1.165) is 0 Å². The van der Waals surface area contributed by atoms with Crippen LogP contribution in [-0.2, 0) is 4.74 Å². The summed E-state index contributed by atoms with van der Waals surface area (Å²) in [5, 5.41) is 13.6. The number of nitrogens with zero attached hydrogens (tertiary/aromatic N) is 1. The van der Waals surface area contributed by atoms with Gasteiger partial charge < -0.3 is 19.0 Å². The fraction of sp³-hybridized carbons (Fsp3) is 0.0833. The number of carbonyl (C=O) groups is 2. The summed E-state index contributed by atoms with van der Waals surface area (Å²) in [5.41, 5.74) is 0.198. The zero-order chi connectivity index (χ0) is 23.4. The normalized spacial score (nSPS) is 10.6. The first kappa shape index (κ1) is 21.6. The van der Waals surface area contributed by atoms with Crippen molar-refractivity contribution in [3.63, 3.8) is 0 Å². The van der Waals surface area contributed by atoms with Crippen molar-refractivity contribution in [2.45, 2.75) is 6.92 Å². The minimum Gasteiger partial charge on any atom is -0.507 e. The molecule has 2 N–H and O–H groups in total. The number of esters is 1. The third-order valence-corrected chi connectivity index (χ3v) is 4.59. The summed E-state index contributed by atoms with van der Waals surface area (Å²) < 4.78 is 16.1. The van der Waals surface area contributed by atoms with E-state index in [1.807, 2.05) is 0 Å². The van der Waals surface area contributed by atoms with Gasteiger partial charge in [-0.05, 0) is 31.2 Å². The summed E-state index contributed by atoms with van der Waals surface area (Å²) >= 11 is 0. The molecule has 2 heterocycles. The smallest absolute Gasteiger partial charge is 0.411 e. The molecule has 0 aliphatic rings. The number of nitrogens with one attached hydrogen (secondary N) is 1. The largest absolute Gasteiger partial charge is 0.507 e. The minimum atomic E-state index is -0.808. The predicted octanol–water partition coefficient (Wildman–Crippen LogP) is 4.35. The van der Waals surface area contributed by atoms with Crippen LogP contribution >= 0.6 is 0 Å². The number of para-hydroxylation sites is 1. The number of aromatic nitrogens is 1. The van der Waals surface area contributed by atoms with Crippen LogP contribution in [-0.4, -0.2) is 28.8 Å². The first-order chi connectivity index (χ1) is 16.0. The summed E-state index contributed by atoms with van der Waals surface area (Å²) in [6.07, 6.45) is 2.03. The Bertz CT molecular complexity index is 1400. The van der Waals surface area contributed by atoms with Crippen molar-refractivity contribution in [2.24, 2.45) is 0 Å². The molecule has 0 atom stereocenters. The van der Waals surface area contributed by atoms with Crippen LogP contribution in [0.15, 0.2) is 76.2 Å². The Morgan fingerprint density at radius 1 is 1.12 bits per heavy atom. The molecule has 33 heavy (non-hydrogen) atoms. The molecule has 0 saturated heterocycles. The Morgan fingerprint density at radius 3 is 2.70 bits per heavy atom. The van der Waals surface area contributed by atoms with Gasteiger partial charge in [-0.15, -0.1) is 0 Å². The third-order valence-electron chi connectivity index (χ3n) is 4.59. The van der Waals surface area contributed by atoms with Crippen molar-refractivity contribution in [2.75, 3.05) is 11.9 Å². The highest BCUT2D eigenvalue weighted by Gasteiger charge is 2.21. The van der Waals surface area contributed by atoms with Gasteiger partial charge in [-0.3, -0.25) is 15.1 Å². The molecular formula is C24H18N2O7. The molecule has 9 heteroatoms. The number of hydrogen-bond donors (Lipinski definition) is 2. The standard InChI is InChI=1S/C24H18N2O7/c1-2-31-24(30)26-17-10-15(32-23(29)14-6-5-9-25-13-14)11-19(28)22(17)21-12-18(27)16-7-3-4-8-20(16)33-21/h3-13,28H,2H2,1H3,(H,26,30). The van der Waals surface area contributed by atoms with Crippen LogP contribution in [0.4, 0.5) is 10.5 Å². The first-order valence-corrected chi connectivity index (χ1v) is 9.92. The summed E-state index contributed by atoms with van der Waals surface area (Å²) in [5.74, 6) is -1.15. The van der Waals surface area contributed by atoms with Gasteiger partial charge in [-0.2, -0.15) is 0 Å². The van der Waals surface area contributed by atoms with E-state index in [2.05, 4.69) is 10.3 Å². The zero-order valence-electron chi connectivity index (χ0n) is 17.4. The number of amides is 1. The number of aromatic hydroxyl groups is 1. The molecular weight excluding hydrogens is 428 g/mol. The maximum atomic E-state index is 12.6. The van der Waals surface area contributed by atoms with E-state index in [1.54, 1.807) is 37.3 Å². The maximum Gasteiger partial charge on any atom is 0.411 e. The van der Waals surface area contributed by atoms with E-state index in [-0.39, 0.29) is 40.4 Å². The highest BCUT2D eigenvalue weighted by Crippen LogP contribution is 2.40. The lowest BCUT2D eigenvalue weighted by molar-refractivity contribution is 0.0734. The van der Waals surface area contributed by atoms with Gasteiger partial charge in [-0.1, -0.05) is 12.1 Å². The molecule has 2 aromatic carbocycles. The highest BCUT2D eigenvalue weighted by molar-refractivity contribution is 5.95. The van der Waals surface area contributed by atoms with Crippen molar-refractivity contribution in [1.29, 1.82) is 0 Å². The van der Waals surface area contributed by atoms with Gasteiger partial charge in [0.05, 0.1) is 28.8 Å². The van der Waals surface area contributed by atoms with Crippen LogP contribution in [0.25, 0.3) is 22.3 Å². The molecule has 0 saturated carbocycles. The zero-order valence-corrected chi connectivity index (χ0v) is 17.4. The van der Waals surface area contributed by atoms with E-state index < -0.39 is 17.8 Å². The van der Waals surface area contributed by atoms with E-state index in [4.69, 9.17) is 13.9 Å². The monoisotopic (exact) mass is 446 g/mol. The summed E-state index contributed by atoms with van der Waals surface area (Å²) in [7, 11) is 0. The molecule has 4 rings (SSSR count). The first-order valence-electron chi connectivity index (χ1n) is 9.92. The van der Waals surface area contributed by atoms with Crippen LogP contribution in [0.3, 0.4) is 0 Å². The SMILES string of the molecule is CCOC(=O)Nc1cc(OC(=O)c2cccnc2)cc(O)c1-c1cc(=O)c2ccccc2o1. The van der Waals surface area contributed by atoms with E-state index in [0.29, 0.717) is 11.0 Å². The Morgan fingerprint density at radius 2 is 1.94 bits per heavy atom. The topological polar surface area (TPSA) is 128 Å². The molecule has 1 amide bonds. The van der Waals surface area contributed by atoms with Crippen molar-refractivity contribution < 1.29 is 28.6 Å². The van der Waals surface area contributed by atoms with E-state index in [1.165, 1.54) is 36.7 Å². The van der Waals surface area contributed by atoms with Gasteiger partial charge in [0.25, 0.3) is 0 Å². The molecule has 0 fully saturated rings. The number of rotatable bonds is 5. The molecule has 0 radical (unpaired) electrons. The molecule has 0 aliphatic carbocycles. The Hall–Kier alpha value is -4.66. The quantitative estimate of drug-likeness (QED) is 0.342. The number of pyridine rings is 1. The van der Waals surface area contributed by atoms with Crippen LogP contribution < -0.4 is 15.5 Å². The molecule has 0 unspecified atom stereocenters. The van der Waals surface area contributed by atoms with Gasteiger partial charge in [0.15, 0.2) is 5.43 Å². The fourth-order valence-corrected chi connectivity index (χ4v) is 3.17. The number of phenolic OH excluding ortho intramolecular Hbond substituents is 1. The summed E-state index contributed by atoms with van der Waals surface area (Å²) in [4.78, 5) is 40.9. The van der Waals surface area contributed by atoms with Gasteiger partial charge in [0, 0.05) is 30.6 Å². The molecule has 0 spiro atoms. The number of carbonyl (C=O) groups excluding carboxylic acids is 2. The molecule has 2 aromatic heterocycles.